The third kappa shape index (κ3) is 3.89. The molecule has 1 saturated heterocycles. The van der Waals surface area contributed by atoms with Crippen molar-refractivity contribution in [3.05, 3.63) is 28.8 Å². The molecular formula is C16H24ClN3O. The Hall–Kier alpha value is -1.26. The van der Waals surface area contributed by atoms with E-state index >= 15 is 0 Å². The topological polar surface area (TPSA) is 58.4 Å². The van der Waals surface area contributed by atoms with E-state index in [9.17, 15) is 4.79 Å². The minimum Gasteiger partial charge on any atom is -0.369 e. The van der Waals surface area contributed by atoms with Gasteiger partial charge in [-0.15, -0.1) is 0 Å². The second kappa shape index (κ2) is 7.14. The Bertz CT molecular complexity index is 506. The number of nitrogens with zero attached hydrogens (tertiary/aromatic N) is 1. The number of nitrogens with one attached hydrogen (secondary N) is 1. The van der Waals surface area contributed by atoms with Crippen LogP contribution >= 0.6 is 11.6 Å². The van der Waals surface area contributed by atoms with Crippen molar-refractivity contribution in [2.24, 2.45) is 11.7 Å². The van der Waals surface area contributed by atoms with Gasteiger partial charge < -0.3 is 16.0 Å². The highest BCUT2D eigenvalue weighted by Gasteiger charge is 2.28. The zero-order chi connectivity index (χ0) is 15.4. The molecule has 2 atom stereocenters. The summed E-state index contributed by atoms with van der Waals surface area (Å²) in [6.07, 6.45) is 1.85. The number of amides is 1. The first-order valence-corrected chi connectivity index (χ1v) is 7.95. The molecule has 3 N–H and O–H groups in total. The molecule has 1 aromatic carbocycles. The minimum atomic E-state index is -0.207. The first kappa shape index (κ1) is 16.1. The molecule has 4 nitrogen and oxygen atoms in total. The van der Waals surface area contributed by atoms with E-state index in [-0.39, 0.29) is 11.8 Å². The molecule has 1 heterocycles. The number of primary amides is 1. The minimum absolute atomic E-state index is 0.0681. The average molecular weight is 310 g/mol. The summed E-state index contributed by atoms with van der Waals surface area (Å²) in [5, 5.41) is 4.04. The van der Waals surface area contributed by atoms with Crippen LogP contribution < -0.4 is 16.0 Å². The van der Waals surface area contributed by atoms with Crippen molar-refractivity contribution in [1.29, 1.82) is 0 Å². The van der Waals surface area contributed by atoms with Crippen LogP contribution in [0.4, 0.5) is 5.69 Å². The molecule has 0 radical (unpaired) electrons. The maximum Gasteiger partial charge on any atom is 0.222 e. The quantitative estimate of drug-likeness (QED) is 0.879. The Morgan fingerprint density at radius 2 is 2.24 bits per heavy atom. The van der Waals surface area contributed by atoms with E-state index in [1.54, 1.807) is 0 Å². The van der Waals surface area contributed by atoms with Crippen LogP contribution in [0, 0.1) is 5.92 Å². The summed E-state index contributed by atoms with van der Waals surface area (Å²) in [5.74, 6) is -0.275. The predicted molar refractivity (Wildman–Crippen MR) is 87.6 cm³/mol. The Morgan fingerprint density at radius 1 is 1.48 bits per heavy atom. The molecule has 0 aromatic heterocycles. The number of piperidine rings is 1. The summed E-state index contributed by atoms with van der Waals surface area (Å²) in [4.78, 5) is 13.7. The van der Waals surface area contributed by atoms with Crippen LogP contribution in [-0.4, -0.2) is 25.0 Å². The number of rotatable bonds is 5. The number of hydrogen-bond acceptors (Lipinski definition) is 3. The van der Waals surface area contributed by atoms with Gasteiger partial charge in [0.25, 0.3) is 0 Å². The van der Waals surface area contributed by atoms with Crippen LogP contribution in [0.3, 0.4) is 0 Å². The second-order valence-corrected chi connectivity index (χ2v) is 6.14. The number of anilines is 1. The molecule has 2 rings (SSSR count). The van der Waals surface area contributed by atoms with Crippen molar-refractivity contribution < 1.29 is 4.79 Å². The fourth-order valence-corrected chi connectivity index (χ4v) is 3.06. The highest BCUT2D eigenvalue weighted by molar-refractivity contribution is 6.31. The van der Waals surface area contributed by atoms with E-state index < -0.39 is 0 Å². The number of carbonyl (C=O) groups is 1. The Labute approximate surface area is 131 Å². The van der Waals surface area contributed by atoms with Crippen LogP contribution in [-0.2, 0) is 11.3 Å². The summed E-state index contributed by atoms with van der Waals surface area (Å²) >= 11 is 6.37. The average Bonchev–Trinajstić information content (AvgIpc) is 2.46. The lowest BCUT2D eigenvalue weighted by molar-refractivity contribution is -0.122. The van der Waals surface area contributed by atoms with Gasteiger partial charge in [-0.3, -0.25) is 4.79 Å². The van der Waals surface area contributed by atoms with Crippen LogP contribution in [0.1, 0.15) is 32.3 Å². The largest absolute Gasteiger partial charge is 0.369 e. The molecule has 21 heavy (non-hydrogen) atoms. The van der Waals surface area contributed by atoms with Crippen molar-refractivity contribution in [2.45, 2.75) is 39.3 Å². The molecule has 0 saturated carbocycles. The molecule has 2 unspecified atom stereocenters. The summed E-state index contributed by atoms with van der Waals surface area (Å²) in [6.45, 7) is 6.62. The van der Waals surface area contributed by atoms with Crippen molar-refractivity contribution >= 4 is 23.2 Å². The SMILES string of the molecule is CCNCc1ccc(N2CC(C(N)=O)CCC2C)cc1Cl. The molecule has 1 aliphatic rings. The Morgan fingerprint density at radius 3 is 2.86 bits per heavy atom. The molecule has 1 aromatic rings. The van der Waals surface area contributed by atoms with Crippen molar-refractivity contribution in [2.75, 3.05) is 18.0 Å². The first-order chi connectivity index (χ1) is 10.0. The second-order valence-electron chi connectivity index (χ2n) is 5.73. The summed E-state index contributed by atoms with van der Waals surface area (Å²) in [5.41, 5.74) is 7.63. The van der Waals surface area contributed by atoms with Crippen molar-refractivity contribution in [3.8, 4) is 0 Å². The molecular weight excluding hydrogens is 286 g/mol. The van der Waals surface area contributed by atoms with Gasteiger partial charge in [-0.2, -0.15) is 0 Å². The van der Waals surface area contributed by atoms with Gasteiger partial charge in [0.05, 0.1) is 5.92 Å². The molecule has 116 valence electrons. The van der Waals surface area contributed by atoms with Crippen LogP contribution in [0.2, 0.25) is 5.02 Å². The van der Waals surface area contributed by atoms with Crippen molar-refractivity contribution in [3.63, 3.8) is 0 Å². The highest BCUT2D eigenvalue weighted by Crippen LogP contribution is 2.30. The number of hydrogen-bond donors (Lipinski definition) is 2. The monoisotopic (exact) mass is 309 g/mol. The number of nitrogens with two attached hydrogens (primary N) is 1. The number of benzene rings is 1. The normalized spacial score (nSPS) is 22.3. The van der Waals surface area contributed by atoms with Gasteiger partial charge in [-0.1, -0.05) is 24.6 Å². The molecule has 5 heteroatoms. The zero-order valence-corrected chi connectivity index (χ0v) is 13.5. The number of carbonyl (C=O) groups excluding carboxylic acids is 1. The molecule has 1 fully saturated rings. The van der Waals surface area contributed by atoms with E-state index in [1.807, 2.05) is 6.07 Å². The molecule has 1 amide bonds. The van der Waals surface area contributed by atoms with E-state index in [4.69, 9.17) is 17.3 Å². The van der Waals surface area contributed by atoms with Crippen LogP contribution in [0.25, 0.3) is 0 Å². The fourth-order valence-electron chi connectivity index (χ4n) is 2.82. The maximum absolute atomic E-state index is 11.4. The third-order valence-corrected chi connectivity index (χ3v) is 4.57. The number of halogens is 1. The van der Waals surface area contributed by atoms with E-state index in [0.29, 0.717) is 12.6 Å². The lowest BCUT2D eigenvalue weighted by Crippen LogP contribution is -2.45. The summed E-state index contributed by atoms with van der Waals surface area (Å²) < 4.78 is 0. The van der Waals surface area contributed by atoms with Crippen molar-refractivity contribution in [1.82, 2.24) is 5.32 Å². The third-order valence-electron chi connectivity index (χ3n) is 4.22. The van der Waals surface area contributed by atoms with Crippen LogP contribution in [0.15, 0.2) is 18.2 Å². The van der Waals surface area contributed by atoms with Gasteiger partial charge in [-0.05, 0) is 44.0 Å². The Balaban J connectivity index is 2.16. The lowest BCUT2D eigenvalue weighted by atomic mass is 9.92. The lowest BCUT2D eigenvalue weighted by Gasteiger charge is -2.38. The molecule has 0 aliphatic carbocycles. The highest BCUT2D eigenvalue weighted by atomic mass is 35.5. The van der Waals surface area contributed by atoms with Gasteiger partial charge in [0, 0.05) is 29.8 Å². The predicted octanol–water partition coefficient (Wildman–Crippen LogP) is 2.54. The zero-order valence-electron chi connectivity index (χ0n) is 12.7. The summed E-state index contributed by atoms with van der Waals surface area (Å²) in [6, 6.07) is 6.53. The van der Waals surface area contributed by atoms with Gasteiger partial charge >= 0.3 is 0 Å². The smallest absolute Gasteiger partial charge is 0.222 e. The van der Waals surface area contributed by atoms with Gasteiger partial charge in [0.15, 0.2) is 0 Å². The molecule has 0 bridgehead atoms. The Kier molecular flexibility index (Phi) is 5.48. The van der Waals surface area contributed by atoms with E-state index in [1.165, 1.54) is 0 Å². The van der Waals surface area contributed by atoms with E-state index in [0.717, 1.165) is 42.2 Å². The maximum atomic E-state index is 11.4. The van der Waals surface area contributed by atoms with Gasteiger partial charge in [0.1, 0.15) is 0 Å². The summed E-state index contributed by atoms with van der Waals surface area (Å²) in [7, 11) is 0. The van der Waals surface area contributed by atoms with E-state index in [2.05, 4.69) is 36.2 Å². The molecule has 1 aliphatic heterocycles. The fraction of sp³-hybridized carbons (Fsp3) is 0.562. The first-order valence-electron chi connectivity index (χ1n) is 7.58. The van der Waals surface area contributed by atoms with Gasteiger partial charge in [0.2, 0.25) is 5.91 Å². The van der Waals surface area contributed by atoms with Crippen LogP contribution in [0.5, 0.6) is 0 Å². The van der Waals surface area contributed by atoms with Gasteiger partial charge in [-0.25, -0.2) is 0 Å². The standard InChI is InChI=1S/C16H24ClN3O/c1-3-19-9-12-6-7-14(8-15(12)17)20-10-13(16(18)21)5-4-11(20)2/h6-8,11,13,19H,3-5,9-10H2,1-2H3,(H2,18,21). The molecule has 0 spiro atoms.